The van der Waals surface area contributed by atoms with Gasteiger partial charge in [0.25, 0.3) is 0 Å². The van der Waals surface area contributed by atoms with Crippen LogP contribution >= 0.6 is 0 Å². The molecule has 2 rings (SSSR count). The highest BCUT2D eigenvalue weighted by atomic mass is 16.5. The Morgan fingerprint density at radius 1 is 1.29 bits per heavy atom. The lowest BCUT2D eigenvalue weighted by molar-refractivity contribution is -0.119. The monoisotopic (exact) mass is 292 g/mol. The third kappa shape index (κ3) is 5.02. The van der Waals surface area contributed by atoms with Gasteiger partial charge in [-0.25, -0.2) is 0 Å². The Kier molecular flexibility index (Phi) is 5.59. The molecule has 116 valence electrons. The van der Waals surface area contributed by atoms with E-state index in [9.17, 15) is 4.79 Å². The quantitative estimate of drug-likeness (QED) is 0.876. The van der Waals surface area contributed by atoms with Gasteiger partial charge in [0.2, 0.25) is 5.91 Å². The van der Waals surface area contributed by atoms with E-state index in [0.29, 0.717) is 6.04 Å². The Hall–Kier alpha value is -1.59. The molecular weight excluding hydrogens is 268 g/mol. The summed E-state index contributed by atoms with van der Waals surface area (Å²) in [5, 5.41) is 6.33. The lowest BCUT2D eigenvalue weighted by atomic mass is 9.99. The molecule has 21 heavy (non-hydrogen) atoms. The predicted molar refractivity (Wildman–Crippen MR) is 83.6 cm³/mol. The van der Waals surface area contributed by atoms with E-state index in [4.69, 9.17) is 9.47 Å². The van der Waals surface area contributed by atoms with Crippen LogP contribution in [0.5, 0.6) is 0 Å². The molecule has 5 nitrogen and oxygen atoms in total. The molecule has 5 heteroatoms. The van der Waals surface area contributed by atoms with Gasteiger partial charge in [0.15, 0.2) is 0 Å². The molecule has 1 fully saturated rings. The molecule has 1 aliphatic rings. The molecule has 0 aliphatic carbocycles. The summed E-state index contributed by atoms with van der Waals surface area (Å²) >= 11 is 0. The highest BCUT2D eigenvalue weighted by molar-refractivity contribution is 5.92. The summed E-state index contributed by atoms with van der Waals surface area (Å²) < 4.78 is 10.6. The summed E-state index contributed by atoms with van der Waals surface area (Å²) in [6.45, 7) is 4.27. The van der Waals surface area contributed by atoms with Crippen LogP contribution in [-0.4, -0.2) is 37.9 Å². The van der Waals surface area contributed by atoms with Gasteiger partial charge in [-0.05, 0) is 44.9 Å². The second kappa shape index (κ2) is 7.43. The Labute approximate surface area is 126 Å². The zero-order chi connectivity index (χ0) is 15.2. The van der Waals surface area contributed by atoms with E-state index < -0.39 is 0 Å². The number of amides is 1. The van der Waals surface area contributed by atoms with E-state index in [1.165, 1.54) is 7.11 Å². The van der Waals surface area contributed by atoms with Gasteiger partial charge in [-0.3, -0.25) is 4.79 Å². The van der Waals surface area contributed by atoms with Crippen molar-refractivity contribution in [2.24, 2.45) is 0 Å². The molecule has 0 radical (unpaired) electrons. The van der Waals surface area contributed by atoms with E-state index in [1.54, 1.807) is 0 Å². The minimum atomic E-state index is -0.150. The van der Waals surface area contributed by atoms with Crippen molar-refractivity contribution in [3.63, 3.8) is 0 Å². The van der Waals surface area contributed by atoms with Crippen molar-refractivity contribution < 1.29 is 14.3 Å². The van der Waals surface area contributed by atoms with Gasteiger partial charge in [0.05, 0.1) is 12.2 Å². The van der Waals surface area contributed by atoms with Gasteiger partial charge in [-0.1, -0.05) is 6.07 Å². The number of nitrogens with one attached hydrogen (secondary N) is 2. The first-order valence-corrected chi connectivity index (χ1v) is 7.37. The second-order valence-electron chi connectivity index (χ2n) is 5.63. The average Bonchev–Trinajstić information content (AvgIpc) is 2.37. The van der Waals surface area contributed by atoms with Crippen LogP contribution in [0.1, 0.15) is 26.7 Å². The van der Waals surface area contributed by atoms with Crippen molar-refractivity contribution in [3.8, 4) is 0 Å². The number of carbonyl (C=O) groups excluding carboxylic acids is 1. The first-order chi connectivity index (χ1) is 10.1. The van der Waals surface area contributed by atoms with Crippen LogP contribution < -0.4 is 10.6 Å². The number of anilines is 2. The maximum Gasteiger partial charge on any atom is 0.250 e. The Bertz CT molecular complexity index is 468. The molecule has 1 saturated heterocycles. The minimum absolute atomic E-state index is 0.0622. The van der Waals surface area contributed by atoms with E-state index in [1.807, 2.05) is 24.3 Å². The molecule has 2 unspecified atom stereocenters. The molecule has 2 N–H and O–H groups in total. The van der Waals surface area contributed by atoms with Gasteiger partial charge in [-0.15, -0.1) is 0 Å². The molecule has 1 aromatic carbocycles. The number of hydrogen-bond donors (Lipinski definition) is 2. The molecule has 0 saturated carbocycles. The third-order valence-electron chi connectivity index (χ3n) is 3.49. The summed E-state index contributed by atoms with van der Waals surface area (Å²) in [6, 6.07) is 8.15. The molecule has 1 amide bonds. The van der Waals surface area contributed by atoms with Gasteiger partial charge in [0.1, 0.15) is 6.61 Å². The molecule has 0 aromatic heterocycles. The van der Waals surface area contributed by atoms with E-state index in [0.717, 1.165) is 24.2 Å². The Morgan fingerprint density at radius 2 is 1.95 bits per heavy atom. The molecular formula is C16H24N2O3. The van der Waals surface area contributed by atoms with Crippen LogP contribution in [0.2, 0.25) is 0 Å². The maximum atomic E-state index is 11.5. The highest BCUT2D eigenvalue weighted by Gasteiger charge is 2.24. The largest absolute Gasteiger partial charge is 0.382 e. The van der Waals surface area contributed by atoms with Crippen LogP contribution in [0, 0.1) is 0 Å². The Balaban J connectivity index is 1.95. The normalized spacial score (nSPS) is 25.4. The minimum Gasteiger partial charge on any atom is -0.382 e. The zero-order valence-corrected chi connectivity index (χ0v) is 12.9. The summed E-state index contributed by atoms with van der Waals surface area (Å²) in [5.41, 5.74) is 1.78. The fourth-order valence-corrected chi connectivity index (χ4v) is 2.77. The van der Waals surface area contributed by atoms with Crippen molar-refractivity contribution in [1.29, 1.82) is 0 Å². The molecule has 1 aromatic rings. The molecule has 0 bridgehead atoms. The van der Waals surface area contributed by atoms with Crippen LogP contribution in [0.4, 0.5) is 11.4 Å². The van der Waals surface area contributed by atoms with E-state index in [-0.39, 0.29) is 24.7 Å². The number of carbonyl (C=O) groups is 1. The number of benzene rings is 1. The van der Waals surface area contributed by atoms with Crippen molar-refractivity contribution in [1.82, 2.24) is 0 Å². The third-order valence-corrected chi connectivity index (χ3v) is 3.49. The standard InChI is InChI=1S/C16H24N2O3/c1-11-7-15(8-12(2)21-11)17-13-5-4-6-14(9-13)18-16(19)10-20-3/h4-6,9,11-12,15,17H,7-8,10H2,1-3H3,(H,18,19). The van der Waals surface area contributed by atoms with Gasteiger partial charge >= 0.3 is 0 Å². The van der Waals surface area contributed by atoms with Crippen molar-refractivity contribution in [2.75, 3.05) is 24.4 Å². The van der Waals surface area contributed by atoms with E-state index >= 15 is 0 Å². The number of hydrogen-bond acceptors (Lipinski definition) is 4. The fourth-order valence-electron chi connectivity index (χ4n) is 2.77. The number of methoxy groups -OCH3 is 1. The van der Waals surface area contributed by atoms with Gasteiger partial charge in [-0.2, -0.15) is 0 Å². The average molecular weight is 292 g/mol. The smallest absolute Gasteiger partial charge is 0.250 e. The topological polar surface area (TPSA) is 59.6 Å². The van der Waals surface area contributed by atoms with Crippen LogP contribution in [0.3, 0.4) is 0 Å². The molecule has 1 heterocycles. The maximum absolute atomic E-state index is 11.5. The molecule has 2 atom stereocenters. The summed E-state index contributed by atoms with van der Waals surface area (Å²) in [4.78, 5) is 11.5. The molecule has 0 spiro atoms. The van der Waals surface area contributed by atoms with Gasteiger partial charge in [0, 0.05) is 24.5 Å². The summed E-state index contributed by atoms with van der Waals surface area (Å²) in [5.74, 6) is -0.150. The summed E-state index contributed by atoms with van der Waals surface area (Å²) in [6.07, 6.45) is 2.53. The lowest BCUT2D eigenvalue weighted by Gasteiger charge is -2.33. The first kappa shape index (κ1) is 15.8. The summed E-state index contributed by atoms with van der Waals surface area (Å²) in [7, 11) is 1.50. The van der Waals surface area contributed by atoms with Crippen molar-refractivity contribution >= 4 is 17.3 Å². The van der Waals surface area contributed by atoms with Crippen LogP contribution in [-0.2, 0) is 14.3 Å². The zero-order valence-electron chi connectivity index (χ0n) is 12.9. The predicted octanol–water partition coefficient (Wildman–Crippen LogP) is 2.64. The van der Waals surface area contributed by atoms with Crippen molar-refractivity contribution in [3.05, 3.63) is 24.3 Å². The van der Waals surface area contributed by atoms with Crippen LogP contribution in [0.15, 0.2) is 24.3 Å². The highest BCUT2D eigenvalue weighted by Crippen LogP contribution is 2.24. The molecule has 1 aliphatic heterocycles. The fraction of sp³-hybridized carbons (Fsp3) is 0.562. The SMILES string of the molecule is COCC(=O)Nc1cccc(NC2CC(C)OC(C)C2)c1. The van der Waals surface area contributed by atoms with Crippen molar-refractivity contribution in [2.45, 2.75) is 44.9 Å². The van der Waals surface area contributed by atoms with E-state index in [2.05, 4.69) is 24.5 Å². The van der Waals surface area contributed by atoms with Gasteiger partial charge < -0.3 is 20.1 Å². The first-order valence-electron chi connectivity index (χ1n) is 7.37. The van der Waals surface area contributed by atoms with Crippen LogP contribution in [0.25, 0.3) is 0 Å². The number of ether oxygens (including phenoxy) is 2. The number of rotatable bonds is 5. The second-order valence-corrected chi connectivity index (χ2v) is 5.63. The Morgan fingerprint density at radius 3 is 2.62 bits per heavy atom. The lowest BCUT2D eigenvalue weighted by Crippen LogP contribution is -2.36.